The molecule has 3 amide bonds. The van der Waals surface area contributed by atoms with Gasteiger partial charge in [0.1, 0.15) is 0 Å². The van der Waals surface area contributed by atoms with Crippen LogP contribution in [0.1, 0.15) is 22.8 Å². The van der Waals surface area contributed by atoms with Crippen molar-refractivity contribution in [2.24, 2.45) is 0 Å². The number of carboxylic acids is 1. The van der Waals surface area contributed by atoms with Gasteiger partial charge in [0.2, 0.25) is 0 Å². The molecule has 4 rings (SSSR count). The molecule has 0 unspecified atom stereocenters. The zero-order valence-electron chi connectivity index (χ0n) is 16.7. The van der Waals surface area contributed by atoms with Crippen LogP contribution in [0, 0.1) is 0 Å². The maximum Gasteiger partial charge on any atom is 0.419 e. The average molecular weight is 459 g/mol. The van der Waals surface area contributed by atoms with Gasteiger partial charge in [-0.05, 0) is 28.6 Å². The fourth-order valence-electron chi connectivity index (χ4n) is 3.65. The summed E-state index contributed by atoms with van der Waals surface area (Å²) in [6, 6.07) is 8.10. The third-order valence-corrected chi connectivity index (χ3v) is 5.18. The highest BCUT2D eigenvalue weighted by molar-refractivity contribution is 5.98. The Bertz CT molecular complexity index is 1240. The van der Waals surface area contributed by atoms with E-state index in [0.717, 1.165) is 22.9 Å². The van der Waals surface area contributed by atoms with E-state index in [-0.39, 0.29) is 12.1 Å². The van der Waals surface area contributed by atoms with Gasteiger partial charge in [0.05, 0.1) is 5.56 Å². The number of urea groups is 1. The molecule has 0 saturated carbocycles. The second-order valence-electron chi connectivity index (χ2n) is 7.26. The van der Waals surface area contributed by atoms with Crippen LogP contribution in [-0.2, 0) is 22.3 Å². The summed E-state index contributed by atoms with van der Waals surface area (Å²) in [4.78, 5) is 41.4. The van der Waals surface area contributed by atoms with E-state index in [9.17, 15) is 32.7 Å². The van der Waals surface area contributed by atoms with E-state index in [1.54, 1.807) is 12.3 Å². The third kappa shape index (κ3) is 4.29. The summed E-state index contributed by atoms with van der Waals surface area (Å²) >= 11 is 0. The Hall–Kier alpha value is -4.15. The first-order valence-corrected chi connectivity index (χ1v) is 9.66. The molecule has 3 aromatic rings. The lowest BCUT2D eigenvalue weighted by molar-refractivity contribution is -0.142. The van der Waals surface area contributed by atoms with Gasteiger partial charge in [-0.3, -0.25) is 4.98 Å². The maximum absolute atomic E-state index is 13.1. The Morgan fingerprint density at radius 1 is 1.12 bits per heavy atom. The molecule has 2 N–H and O–H groups in total. The molecule has 0 radical (unpaired) electrons. The van der Waals surface area contributed by atoms with Crippen molar-refractivity contribution in [1.82, 2.24) is 15.2 Å². The van der Waals surface area contributed by atoms with E-state index >= 15 is 0 Å². The van der Waals surface area contributed by atoms with E-state index < -0.39 is 42.0 Å². The molecule has 2 aromatic carbocycles. The molecule has 33 heavy (non-hydrogen) atoms. The molecule has 0 bridgehead atoms. The minimum atomic E-state index is -4.68. The highest BCUT2D eigenvalue weighted by atomic mass is 19.4. The fraction of sp³-hybridized carbons (Fsp3) is 0.182. The van der Waals surface area contributed by atoms with Crippen molar-refractivity contribution in [3.05, 3.63) is 77.6 Å². The number of imide groups is 1. The number of carboxylic acid groups (broad SMARTS) is 1. The molecule has 0 aliphatic carbocycles. The molecule has 1 aliphatic rings. The van der Waals surface area contributed by atoms with E-state index in [1.807, 2.05) is 18.2 Å². The number of carbonyl (C=O) groups excluding carboxylic acids is 2. The maximum atomic E-state index is 13.1. The quantitative estimate of drug-likeness (QED) is 0.608. The van der Waals surface area contributed by atoms with Gasteiger partial charge in [-0.15, -0.1) is 0 Å². The van der Waals surface area contributed by atoms with Crippen LogP contribution in [0.4, 0.5) is 22.8 Å². The first kappa shape index (κ1) is 22.1. The number of nitrogens with zero attached hydrogens (tertiary/aromatic N) is 2. The standard InChI is InChI=1S/C22H16F3N3O5/c23-22(24,25)15-6-3-5-12(8-15)18-17(19(29)30)28(21(32)33-18)20(31)27-11-14-10-26-9-13-4-1-2-7-16(13)14/h1-10,17-18H,11H2,(H,27,31)(H,29,30)/t17-,18-/m1/s1. The summed E-state index contributed by atoms with van der Waals surface area (Å²) in [7, 11) is 0. The lowest BCUT2D eigenvalue weighted by Crippen LogP contribution is -2.48. The fourth-order valence-corrected chi connectivity index (χ4v) is 3.65. The molecule has 2 heterocycles. The monoisotopic (exact) mass is 459 g/mol. The smallest absolute Gasteiger partial charge is 0.419 e. The SMILES string of the molecule is O=C(O)[C@H]1[C@@H](c2cccc(C(F)(F)F)c2)OC(=O)N1C(=O)NCc1cncc2ccccc12. The van der Waals surface area contributed by atoms with E-state index in [1.165, 1.54) is 12.3 Å². The van der Waals surface area contributed by atoms with Crippen LogP contribution in [0.5, 0.6) is 0 Å². The molecule has 11 heteroatoms. The largest absolute Gasteiger partial charge is 0.480 e. The second kappa shape index (κ2) is 8.41. The lowest BCUT2D eigenvalue weighted by Gasteiger charge is -2.20. The van der Waals surface area contributed by atoms with Crippen LogP contribution in [0.25, 0.3) is 10.8 Å². The Morgan fingerprint density at radius 2 is 1.88 bits per heavy atom. The molecule has 0 spiro atoms. The minimum Gasteiger partial charge on any atom is -0.480 e. The number of halogens is 3. The van der Waals surface area contributed by atoms with Crippen molar-refractivity contribution in [3.8, 4) is 0 Å². The average Bonchev–Trinajstić information content (AvgIpc) is 3.14. The summed E-state index contributed by atoms with van der Waals surface area (Å²) in [5, 5.41) is 13.7. The van der Waals surface area contributed by atoms with Crippen LogP contribution >= 0.6 is 0 Å². The van der Waals surface area contributed by atoms with E-state index in [0.29, 0.717) is 16.5 Å². The molecule has 8 nitrogen and oxygen atoms in total. The summed E-state index contributed by atoms with van der Waals surface area (Å²) < 4.78 is 44.2. The number of pyridine rings is 1. The van der Waals surface area contributed by atoms with Crippen molar-refractivity contribution in [3.63, 3.8) is 0 Å². The van der Waals surface area contributed by atoms with E-state index in [4.69, 9.17) is 4.74 Å². The zero-order chi connectivity index (χ0) is 23.8. The van der Waals surface area contributed by atoms with Crippen molar-refractivity contribution >= 4 is 28.9 Å². The third-order valence-electron chi connectivity index (χ3n) is 5.18. The normalized spacial score (nSPS) is 18.3. The van der Waals surface area contributed by atoms with Crippen molar-refractivity contribution in [2.75, 3.05) is 0 Å². The lowest BCUT2D eigenvalue weighted by atomic mass is 10.00. The van der Waals surface area contributed by atoms with Gasteiger partial charge in [0.15, 0.2) is 12.1 Å². The number of hydrogen-bond donors (Lipinski definition) is 2. The molecule has 2 atom stereocenters. The number of carbonyl (C=O) groups is 3. The Kier molecular flexibility index (Phi) is 5.62. The first-order valence-electron chi connectivity index (χ1n) is 9.66. The number of benzene rings is 2. The number of rotatable bonds is 4. The predicted octanol–water partition coefficient (Wildman–Crippen LogP) is 4.11. The highest BCUT2D eigenvalue weighted by Gasteiger charge is 2.51. The minimum absolute atomic E-state index is 0.0719. The molecule has 1 aliphatic heterocycles. The summed E-state index contributed by atoms with van der Waals surface area (Å²) in [6.45, 7) is -0.0719. The number of alkyl halides is 3. The first-order chi connectivity index (χ1) is 15.7. The summed E-state index contributed by atoms with van der Waals surface area (Å²) in [5.74, 6) is -1.61. The van der Waals surface area contributed by atoms with E-state index in [2.05, 4.69) is 10.3 Å². The molecule has 170 valence electrons. The highest BCUT2D eigenvalue weighted by Crippen LogP contribution is 2.36. The number of ether oxygens (including phenoxy) is 1. The van der Waals surface area contributed by atoms with Crippen LogP contribution < -0.4 is 5.32 Å². The van der Waals surface area contributed by atoms with Crippen molar-refractivity contribution in [2.45, 2.75) is 24.9 Å². The number of aromatic nitrogens is 1. The van der Waals surface area contributed by atoms with Gasteiger partial charge in [-0.2, -0.15) is 13.2 Å². The molecule has 1 fully saturated rings. The van der Waals surface area contributed by atoms with Crippen LogP contribution in [0.2, 0.25) is 0 Å². The van der Waals surface area contributed by atoms with Gasteiger partial charge in [-0.25, -0.2) is 19.3 Å². The second-order valence-corrected chi connectivity index (χ2v) is 7.26. The van der Waals surface area contributed by atoms with Gasteiger partial charge < -0.3 is 15.2 Å². The van der Waals surface area contributed by atoms with Crippen LogP contribution in [0.3, 0.4) is 0 Å². The molecule has 1 saturated heterocycles. The van der Waals surface area contributed by atoms with Crippen molar-refractivity contribution < 1.29 is 37.4 Å². The summed E-state index contributed by atoms with van der Waals surface area (Å²) in [5.41, 5.74) is -0.610. The number of cyclic esters (lactones) is 1. The molecular weight excluding hydrogens is 443 g/mol. The van der Waals surface area contributed by atoms with Gasteiger partial charge >= 0.3 is 24.3 Å². The van der Waals surface area contributed by atoms with Gasteiger partial charge in [-0.1, -0.05) is 36.4 Å². The van der Waals surface area contributed by atoms with Crippen LogP contribution in [-0.4, -0.2) is 39.1 Å². The molecule has 1 aromatic heterocycles. The number of aliphatic carboxylic acids is 1. The Balaban J connectivity index is 1.58. The topological polar surface area (TPSA) is 109 Å². The number of amides is 3. The number of hydrogen-bond acceptors (Lipinski definition) is 5. The Morgan fingerprint density at radius 3 is 2.61 bits per heavy atom. The van der Waals surface area contributed by atoms with Gasteiger partial charge in [0, 0.05) is 24.3 Å². The molecular formula is C22H16F3N3O5. The predicted molar refractivity (Wildman–Crippen MR) is 108 cm³/mol. The summed E-state index contributed by atoms with van der Waals surface area (Å²) in [6.07, 6.45) is -4.41. The van der Waals surface area contributed by atoms with Crippen LogP contribution in [0.15, 0.2) is 60.9 Å². The number of fused-ring (bicyclic) bond motifs is 1. The van der Waals surface area contributed by atoms with Crippen molar-refractivity contribution in [1.29, 1.82) is 0 Å². The number of nitrogens with one attached hydrogen (secondary N) is 1. The van der Waals surface area contributed by atoms with Gasteiger partial charge in [0.25, 0.3) is 0 Å². The zero-order valence-corrected chi connectivity index (χ0v) is 16.7. The Labute approximate surface area is 184 Å².